The van der Waals surface area contributed by atoms with Crippen molar-refractivity contribution in [3.8, 4) is 0 Å². The number of hydrogen-bond donors (Lipinski definition) is 3. The molecule has 5 heterocycles. The highest BCUT2D eigenvalue weighted by Crippen LogP contribution is 2.32. The molecule has 2 saturated heterocycles. The standard InChI is InChI=1S/C29H38N8O/c1-20-23-8-7-21(17-27(23)37(34-20)13-4-3-12-36-14-9-30-10-15-36)29(38)33-28-18-24-22(19-31-28)16-25(32-24)26-6-5-11-35(26)2/h7-8,16-19,26,30,32H,3-6,9-15H2,1-2H3,(H,31,33,38). The molecule has 0 spiro atoms. The molecular weight excluding hydrogens is 476 g/mol. The van der Waals surface area contributed by atoms with Gasteiger partial charge in [-0.3, -0.25) is 14.4 Å². The zero-order chi connectivity index (χ0) is 26.1. The minimum atomic E-state index is -0.162. The number of likely N-dealkylation sites (tertiary alicyclic amines) is 1. The normalized spacial score (nSPS) is 19.1. The molecule has 1 aromatic carbocycles. The Hall–Kier alpha value is -3.27. The first kappa shape index (κ1) is 25.0. The fraction of sp³-hybridized carbons (Fsp3) is 0.483. The highest BCUT2D eigenvalue weighted by molar-refractivity contribution is 6.06. The number of aromatic nitrogens is 4. The molecule has 0 saturated carbocycles. The summed E-state index contributed by atoms with van der Waals surface area (Å²) in [6, 6.07) is 10.4. The van der Waals surface area contributed by atoms with Crippen LogP contribution in [0.2, 0.25) is 0 Å². The quantitative estimate of drug-likeness (QED) is 0.309. The summed E-state index contributed by atoms with van der Waals surface area (Å²) in [4.78, 5) is 26.2. The predicted octanol–water partition coefficient (Wildman–Crippen LogP) is 3.93. The van der Waals surface area contributed by atoms with Crippen LogP contribution >= 0.6 is 0 Å². The van der Waals surface area contributed by atoms with Gasteiger partial charge in [0, 0.05) is 73.1 Å². The topological polar surface area (TPSA) is 94.1 Å². The van der Waals surface area contributed by atoms with Crippen LogP contribution in [0.5, 0.6) is 0 Å². The molecule has 3 aromatic heterocycles. The Balaban J connectivity index is 1.13. The van der Waals surface area contributed by atoms with Crippen molar-refractivity contribution in [3.05, 3.63) is 53.5 Å². The lowest BCUT2D eigenvalue weighted by molar-refractivity contribution is 0.102. The molecular formula is C29H38N8O. The van der Waals surface area contributed by atoms with E-state index < -0.39 is 0 Å². The monoisotopic (exact) mass is 514 g/mol. The van der Waals surface area contributed by atoms with Gasteiger partial charge in [-0.05, 0) is 70.9 Å². The first-order valence-corrected chi connectivity index (χ1v) is 14.0. The number of aryl methyl sites for hydroxylation is 2. The fourth-order valence-corrected chi connectivity index (χ4v) is 5.97. The van der Waals surface area contributed by atoms with Crippen molar-refractivity contribution < 1.29 is 4.79 Å². The Morgan fingerprint density at radius 3 is 2.76 bits per heavy atom. The summed E-state index contributed by atoms with van der Waals surface area (Å²) in [5.74, 6) is 0.388. The number of carbonyl (C=O) groups is 1. The molecule has 0 aliphatic carbocycles. The van der Waals surface area contributed by atoms with Crippen LogP contribution < -0.4 is 10.6 Å². The third kappa shape index (κ3) is 5.18. The number of H-pyrrole nitrogens is 1. The van der Waals surface area contributed by atoms with Gasteiger partial charge in [-0.15, -0.1) is 0 Å². The van der Waals surface area contributed by atoms with E-state index in [9.17, 15) is 4.79 Å². The molecule has 9 nitrogen and oxygen atoms in total. The second-order valence-electron chi connectivity index (χ2n) is 10.8. The van der Waals surface area contributed by atoms with Gasteiger partial charge in [-0.1, -0.05) is 6.07 Å². The number of piperazine rings is 1. The van der Waals surface area contributed by atoms with Crippen LogP contribution in [0.4, 0.5) is 5.82 Å². The number of pyridine rings is 1. The van der Waals surface area contributed by atoms with Crippen LogP contribution in [0, 0.1) is 6.92 Å². The van der Waals surface area contributed by atoms with Crippen LogP contribution in [-0.4, -0.2) is 81.8 Å². The van der Waals surface area contributed by atoms with Crippen LogP contribution in [0.3, 0.4) is 0 Å². The molecule has 200 valence electrons. The number of amides is 1. The number of nitrogens with one attached hydrogen (secondary N) is 3. The molecule has 4 aromatic rings. The number of nitrogens with zero attached hydrogens (tertiary/aromatic N) is 5. The Morgan fingerprint density at radius 1 is 1.11 bits per heavy atom. The van der Waals surface area contributed by atoms with E-state index in [0.717, 1.165) is 92.6 Å². The number of anilines is 1. The van der Waals surface area contributed by atoms with E-state index in [0.29, 0.717) is 17.4 Å². The van der Waals surface area contributed by atoms with Crippen molar-refractivity contribution in [2.45, 2.75) is 45.2 Å². The summed E-state index contributed by atoms with van der Waals surface area (Å²) in [7, 11) is 2.17. The Bertz CT molecular complexity index is 1430. The van der Waals surface area contributed by atoms with Crippen molar-refractivity contribution >= 4 is 33.5 Å². The van der Waals surface area contributed by atoms with Gasteiger partial charge in [0.2, 0.25) is 0 Å². The fourth-order valence-electron chi connectivity index (χ4n) is 5.97. The summed E-state index contributed by atoms with van der Waals surface area (Å²) in [6.07, 6.45) is 6.42. The first-order chi connectivity index (χ1) is 18.5. The average molecular weight is 515 g/mol. The van der Waals surface area contributed by atoms with Gasteiger partial charge in [-0.25, -0.2) is 4.98 Å². The van der Waals surface area contributed by atoms with E-state index in [2.05, 4.69) is 48.2 Å². The summed E-state index contributed by atoms with van der Waals surface area (Å²) in [6.45, 7) is 9.57. The molecule has 2 aliphatic rings. The average Bonchev–Trinajstić information content (AvgIpc) is 3.63. The maximum Gasteiger partial charge on any atom is 0.256 e. The third-order valence-corrected chi connectivity index (χ3v) is 8.15. The van der Waals surface area contributed by atoms with E-state index >= 15 is 0 Å². The lowest BCUT2D eigenvalue weighted by Crippen LogP contribution is -2.43. The van der Waals surface area contributed by atoms with Gasteiger partial charge < -0.3 is 20.5 Å². The zero-order valence-corrected chi connectivity index (χ0v) is 22.5. The molecule has 1 amide bonds. The first-order valence-electron chi connectivity index (χ1n) is 14.0. The van der Waals surface area contributed by atoms with Gasteiger partial charge in [0.15, 0.2) is 0 Å². The summed E-state index contributed by atoms with van der Waals surface area (Å²) in [5.41, 5.74) is 4.83. The highest BCUT2D eigenvalue weighted by Gasteiger charge is 2.24. The molecule has 0 radical (unpaired) electrons. The lowest BCUT2D eigenvalue weighted by Gasteiger charge is -2.27. The Morgan fingerprint density at radius 2 is 1.95 bits per heavy atom. The van der Waals surface area contributed by atoms with Gasteiger partial charge in [0.25, 0.3) is 5.91 Å². The number of aromatic amines is 1. The largest absolute Gasteiger partial charge is 0.357 e. The molecule has 0 bridgehead atoms. The minimum Gasteiger partial charge on any atom is -0.357 e. The smallest absolute Gasteiger partial charge is 0.256 e. The summed E-state index contributed by atoms with van der Waals surface area (Å²) < 4.78 is 2.06. The zero-order valence-electron chi connectivity index (χ0n) is 22.5. The highest BCUT2D eigenvalue weighted by atomic mass is 16.1. The molecule has 9 heteroatoms. The van der Waals surface area contributed by atoms with Crippen molar-refractivity contribution in [3.63, 3.8) is 0 Å². The van der Waals surface area contributed by atoms with Crippen LogP contribution in [0.1, 0.15) is 53.5 Å². The van der Waals surface area contributed by atoms with Crippen LogP contribution in [0.25, 0.3) is 21.8 Å². The van der Waals surface area contributed by atoms with Crippen LogP contribution in [-0.2, 0) is 6.54 Å². The number of unbranched alkanes of at least 4 members (excludes halogenated alkanes) is 1. The van der Waals surface area contributed by atoms with E-state index in [1.54, 1.807) is 0 Å². The molecule has 3 N–H and O–H groups in total. The maximum absolute atomic E-state index is 13.2. The SMILES string of the molecule is Cc1nn(CCCCN2CCNCC2)c2cc(C(=O)Nc3cc4[nH]c(C5CCCN5C)cc4cn3)ccc12. The number of carbonyl (C=O) groups excluding carboxylic acids is 1. The van der Waals surface area contributed by atoms with Gasteiger partial charge >= 0.3 is 0 Å². The third-order valence-electron chi connectivity index (χ3n) is 8.15. The Kier molecular flexibility index (Phi) is 7.14. The molecule has 6 rings (SSSR count). The van der Waals surface area contributed by atoms with Crippen molar-refractivity contribution in [2.24, 2.45) is 0 Å². The van der Waals surface area contributed by atoms with Gasteiger partial charge in [0.05, 0.1) is 16.7 Å². The molecule has 2 aliphatic heterocycles. The molecule has 38 heavy (non-hydrogen) atoms. The Labute approximate surface area is 223 Å². The number of rotatable bonds is 8. The summed E-state index contributed by atoms with van der Waals surface area (Å²) >= 11 is 0. The van der Waals surface area contributed by atoms with E-state index in [4.69, 9.17) is 5.10 Å². The number of hydrogen-bond acceptors (Lipinski definition) is 6. The molecule has 1 atom stereocenters. The maximum atomic E-state index is 13.2. The van der Waals surface area contributed by atoms with Crippen molar-refractivity contribution in [1.82, 2.24) is 34.9 Å². The summed E-state index contributed by atoms with van der Waals surface area (Å²) in [5, 5.41) is 13.3. The van der Waals surface area contributed by atoms with Gasteiger partial charge in [0.1, 0.15) is 5.82 Å². The number of benzene rings is 1. The van der Waals surface area contributed by atoms with Gasteiger partial charge in [-0.2, -0.15) is 5.10 Å². The van der Waals surface area contributed by atoms with Crippen molar-refractivity contribution in [2.75, 3.05) is 51.6 Å². The second-order valence-corrected chi connectivity index (χ2v) is 10.8. The van der Waals surface area contributed by atoms with E-state index in [-0.39, 0.29) is 5.91 Å². The van der Waals surface area contributed by atoms with Crippen molar-refractivity contribution in [1.29, 1.82) is 0 Å². The minimum absolute atomic E-state index is 0.162. The molecule has 2 fully saturated rings. The van der Waals surface area contributed by atoms with E-state index in [1.807, 2.05) is 37.4 Å². The second kappa shape index (κ2) is 10.8. The van der Waals surface area contributed by atoms with Crippen LogP contribution in [0.15, 0.2) is 36.5 Å². The lowest BCUT2D eigenvalue weighted by atomic mass is 10.1. The predicted molar refractivity (Wildman–Crippen MR) is 152 cm³/mol. The molecule has 1 unspecified atom stereocenters. The number of fused-ring (bicyclic) bond motifs is 2. The van der Waals surface area contributed by atoms with E-state index in [1.165, 1.54) is 12.1 Å².